The van der Waals surface area contributed by atoms with Crippen molar-refractivity contribution in [2.24, 2.45) is 0 Å². The Bertz CT molecular complexity index is 1370. The summed E-state index contributed by atoms with van der Waals surface area (Å²) in [6.07, 6.45) is 1.34. The molecular formula is C25H25F3N4O4. The van der Waals surface area contributed by atoms with E-state index in [9.17, 15) is 18.0 Å². The van der Waals surface area contributed by atoms with Crippen LogP contribution in [0.25, 0.3) is 33.6 Å². The second kappa shape index (κ2) is 9.73. The average molecular weight is 502 g/mol. The van der Waals surface area contributed by atoms with Crippen molar-refractivity contribution in [1.29, 1.82) is 0 Å². The van der Waals surface area contributed by atoms with Gasteiger partial charge >= 0.3 is 6.18 Å². The maximum Gasteiger partial charge on any atom is 0.431 e. The molecule has 8 nitrogen and oxygen atoms in total. The molecule has 190 valence electrons. The third-order valence-electron chi connectivity index (χ3n) is 6.22. The number of nitrogens with one attached hydrogen (secondary N) is 1. The number of oxazole rings is 1. The Morgan fingerprint density at radius 3 is 2.78 bits per heavy atom. The Morgan fingerprint density at radius 1 is 1.22 bits per heavy atom. The van der Waals surface area contributed by atoms with Crippen molar-refractivity contribution in [3.8, 4) is 28.5 Å². The molecule has 5 rings (SSSR count). The number of aromatic nitrogens is 3. The number of rotatable bonds is 7. The van der Waals surface area contributed by atoms with E-state index in [0.717, 1.165) is 0 Å². The summed E-state index contributed by atoms with van der Waals surface area (Å²) in [5, 5.41) is 0.337. The summed E-state index contributed by atoms with van der Waals surface area (Å²) in [6, 6.07) is 6.45. The average Bonchev–Trinajstić information content (AvgIpc) is 3.61. The van der Waals surface area contributed by atoms with Gasteiger partial charge in [-0.15, -0.1) is 0 Å². The van der Waals surface area contributed by atoms with Crippen LogP contribution in [-0.4, -0.2) is 58.8 Å². The number of fused-ring (bicyclic) bond motifs is 1. The van der Waals surface area contributed by atoms with Gasteiger partial charge in [0.2, 0.25) is 11.8 Å². The molecule has 4 aromatic rings. The van der Waals surface area contributed by atoms with Crippen LogP contribution in [0, 0.1) is 0 Å². The summed E-state index contributed by atoms with van der Waals surface area (Å²) in [7, 11) is 1.45. The zero-order valence-corrected chi connectivity index (χ0v) is 19.6. The lowest BCUT2D eigenvalue weighted by Gasteiger charge is -2.26. The molecule has 1 saturated heterocycles. The molecule has 36 heavy (non-hydrogen) atoms. The predicted octanol–water partition coefficient (Wildman–Crippen LogP) is 4.96. The van der Waals surface area contributed by atoms with Crippen LogP contribution < -0.4 is 4.74 Å². The minimum Gasteiger partial charge on any atom is -0.497 e. The van der Waals surface area contributed by atoms with Gasteiger partial charge in [-0.05, 0) is 30.7 Å². The maximum absolute atomic E-state index is 13.8. The summed E-state index contributed by atoms with van der Waals surface area (Å²) in [4.78, 5) is 21.0. The highest BCUT2D eigenvalue weighted by Crippen LogP contribution is 2.42. The van der Waals surface area contributed by atoms with Crippen LogP contribution in [0.1, 0.15) is 18.5 Å². The van der Waals surface area contributed by atoms with Gasteiger partial charge < -0.3 is 28.3 Å². The van der Waals surface area contributed by atoms with Crippen molar-refractivity contribution < 1.29 is 31.9 Å². The molecule has 0 aliphatic carbocycles. The molecule has 3 aromatic heterocycles. The molecule has 11 heteroatoms. The van der Waals surface area contributed by atoms with Gasteiger partial charge in [0.1, 0.15) is 23.4 Å². The highest BCUT2D eigenvalue weighted by Gasteiger charge is 2.38. The summed E-state index contributed by atoms with van der Waals surface area (Å²) in [5.74, 6) is 0.752. The second-order valence-corrected chi connectivity index (χ2v) is 8.56. The fourth-order valence-electron chi connectivity index (χ4n) is 4.39. The number of H-pyrrole nitrogens is 1. The second-order valence-electron chi connectivity index (χ2n) is 8.56. The van der Waals surface area contributed by atoms with Crippen LogP contribution >= 0.6 is 0 Å². The third kappa shape index (κ3) is 4.83. The largest absolute Gasteiger partial charge is 0.497 e. The van der Waals surface area contributed by atoms with Crippen molar-refractivity contribution in [2.75, 3.05) is 33.4 Å². The van der Waals surface area contributed by atoms with Gasteiger partial charge in [0, 0.05) is 54.9 Å². The lowest BCUT2D eigenvalue weighted by Crippen LogP contribution is -2.40. The summed E-state index contributed by atoms with van der Waals surface area (Å²) >= 11 is 0. The van der Waals surface area contributed by atoms with Gasteiger partial charge in [0.05, 0.1) is 25.9 Å². The first-order valence-electron chi connectivity index (χ1n) is 11.6. The maximum atomic E-state index is 13.8. The van der Waals surface area contributed by atoms with E-state index >= 15 is 0 Å². The van der Waals surface area contributed by atoms with Crippen LogP contribution in [0.5, 0.6) is 5.75 Å². The normalized spacial score (nSPS) is 14.5. The minimum absolute atomic E-state index is 0.0701. The van der Waals surface area contributed by atoms with E-state index in [1.165, 1.54) is 19.4 Å². The number of alkyl halides is 3. The Morgan fingerprint density at radius 2 is 2.03 bits per heavy atom. The Kier molecular flexibility index (Phi) is 6.48. The van der Waals surface area contributed by atoms with Crippen molar-refractivity contribution in [1.82, 2.24) is 19.4 Å². The summed E-state index contributed by atoms with van der Waals surface area (Å²) in [6.45, 7) is 3.00. The van der Waals surface area contributed by atoms with E-state index in [0.29, 0.717) is 67.9 Å². The van der Waals surface area contributed by atoms with E-state index in [2.05, 4.69) is 9.97 Å². The van der Waals surface area contributed by atoms with Crippen LogP contribution in [0.4, 0.5) is 13.2 Å². The van der Waals surface area contributed by atoms with Crippen molar-refractivity contribution >= 4 is 16.8 Å². The van der Waals surface area contributed by atoms with Gasteiger partial charge in [-0.25, -0.2) is 4.98 Å². The molecule has 1 N–H and O–H groups in total. The molecule has 0 saturated carbocycles. The third-order valence-corrected chi connectivity index (χ3v) is 6.22. The topological polar surface area (TPSA) is 85.5 Å². The highest BCUT2D eigenvalue weighted by molar-refractivity contribution is 5.97. The Hall–Kier alpha value is -3.73. The molecule has 1 fully saturated rings. The number of hydrogen-bond donors (Lipinski definition) is 1. The zero-order valence-electron chi connectivity index (χ0n) is 19.6. The number of benzene rings is 1. The lowest BCUT2D eigenvalue weighted by molar-refractivity contribution is -0.140. The molecule has 1 amide bonds. The minimum atomic E-state index is -4.61. The fraction of sp³-hybridized carbons (Fsp3) is 0.360. The number of halogens is 3. The first-order valence-corrected chi connectivity index (χ1v) is 11.6. The molecule has 0 radical (unpaired) electrons. The number of aryl methyl sites for hydroxylation is 1. The molecule has 0 bridgehead atoms. The number of ether oxygens (including phenoxy) is 2. The smallest absolute Gasteiger partial charge is 0.431 e. The van der Waals surface area contributed by atoms with Gasteiger partial charge in [0.25, 0.3) is 0 Å². The van der Waals surface area contributed by atoms with E-state index < -0.39 is 11.9 Å². The number of carbonyl (C=O) groups is 1. The quantitative estimate of drug-likeness (QED) is 0.386. The van der Waals surface area contributed by atoms with Crippen LogP contribution in [-0.2, 0) is 22.3 Å². The van der Waals surface area contributed by atoms with E-state index in [-0.39, 0.29) is 23.1 Å². The van der Waals surface area contributed by atoms with Crippen molar-refractivity contribution in [3.63, 3.8) is 0 Å². The van der Waals surface area contributed by atoms with Crippen LogP contribution in [0.2, 0.25) is 0 Å². The van der Waals surface area contributed by atoms with Crippen molar-refractivity contribution in [2.45, 2.75) is 25.6 Å². The van der Waals surface area contributed by atoms with Crippen LogP contribution in [0.3, 0.4) is 0 Å². The van der Waals surface area contributed by atoms with E-state index in [1.807, 2.05) is 15.7 Å². The molecule has 4 heterocycles. The monoisotopic (exact) mass is 502 g/mol. The highest BCUT2D eigenvalue weighted by atomic mass is 19.4. The Balaban J connectivity index is 1.33. The number of nitrogens with zero attached hydrogens (tertiary/aromatic N) is 3. The van der Waals surface area contributed by atoms with Crippen LogP contribution in [0.15, 0.2) is 47.3 Å². The SMILES string of the molecule is COc1ccc2[nH]c(C(F)(F)F)c(-c3coc(-c4ccn(CCCC(=O)N5CCOCC5)c4)n3)c2c1. The number of aromatic amines is 1. The number of morpholine rings is 1. The molecule has 0 spiro atoms. The summed E-state index contributed by atoms with van der Waals surface area (Å²) in [5.41, 5.74) is 0.0356. The van der Waals surface area contributed by atoms with E-state index in [1.54, 1.807) is 24.4 Å². The van der Waals surface area contributed by atoms with Gasteiger partial charge in [-0.1, -0.05) is 0 Å². The first kappa shape index (κ1) is 24.0. The molecule has 0 unspecified atom stereocenters. The predicted molar refractivity (Wildman–Crippen MR) is 125 cm³/mol. The standard InChI is InChI=1S/C25H25F3N4O4/c1-34-17-4-5-19-18(13-17)22(23(29-19)25(26,27)28)20-15-36-24(30-20)16-6-8-31(14-16)7-2-3-21(33)32-9-11-35-12-10-32/h4-6,8,13-15,29H,2-3,7,9-12H2,1H3. The van der Waals surface area contributed by atoms with E-state index in [4.69, 9.17) is 13.9 Å². The number of hydrogen-bond acceptors (Lipinski definition) is 5. The molecule has 0 atom stereocenters. The van der Waals surface area contributed by atoms with Gasteiger partial charge in [0.15, 0.2) is 0 Å². The number of amides is 1. The Labute approximate surface area is 204 Å². The van der Waals surface area contributed by atoms with Crippen molar-refractivity contribution in [3.05, 3.63) is 48.6 Å². The molecule has 1 aliphatic heterocycles. The molecule has 1 aromatic carbocycles. The zero-order chi connectivity index (χ0) is 25.3. The molecule has 1 aliphatic rings. The number of methoxy groups -OCH3 is 1. The lowest BCUT2D eigenvalue weighted by atomic mass is 10.1. The fourth-order valence-corrected chi connectivity index (χ4v) is 4.39. The number of carbonyl (C=O) groups excluding carboxylic acids is 1. The summed E-state index contributed by atoms with van der Waals surface area (Å²) < 4.78 is 59.4. The molecular weight excluding hydrogens is 477 g/mol. The van der Waals surface area contributed by atoms with Gasteiger partial charge in [-0.3, -0.25) is 4.79 Å². The first-order chi connectivity index (χ1) is 17.3. The van der Waals surface area contributed by atoms with Gasteiger partial charge in [-0.2, -0.15) is 13.2 Å².